The van der Waals surface area contributed by atoms with Gasteiger partial charge in [0.25, 0.3) is 0 Å². The van der Waals surface area contributed by atoms with Gasteiger partial charge < -0.3 is 25.2 Å². The Balaban J connectivity index is -0.000000124. The van der Waals surface area contributed by atoms with E-state index in [0.717, 1.165) is 30.9 Å². The zero-order valence-corrected chi connectivity index (χ0v) is 15.4. The largest absolute Gasteiger partial charge is 0.478 e. The van der Waals surface area contributed by atoms with Gasteiger partial charge in [0.2, 0.25) is 0 Å². The fraction of sp³-hybridized carbons (Fsp3) is 0.333. The SMILES string of the molecule is C=CC(=O)O.C=CC(=O)O.C=CC(=O)O.C=CC(=O)O.CCC1CCCO1. The van der Waals surface area contributed by atoms with Crippen LogP contribution in [0.2, 0.25) is 0 Å². The molecule has 0 bridgehead atoms. The third kappa shape index (κ3) is 51.8. The van der Waals surface area contributed by atoms with Crippen LogP contribution in [0.15, 0.2) is 50.6 Å². The van der Waals surface area contributed by atoms with Gasteiger partial charge in [-0.05, 0) is 19.3 Å². The Labute approximate surface area is 158 Å². The Hall–Kier alpha value is -3.20. The van der Waals surface area contributed by atoms with E-state index in [2.05, 4.69) is 33.2 Å². The summed E-state index contributed by atoms with van der Waals surface area (Å²) in [5, 5.41) is 30.4. The highest BCUT2D eigenvalue weighted by molar-refractivity contribution is 5.79. The average Bonchev–Trinajstić information content (AvgIpc) is 3.17. The minimum atomic E-state index is -0.981. The molecule has 1 rings (SSSR count). The number of rotatable bonds is 5. The molecule has 0 aromatic heterocycles. The molecule has 0 aromatic rings. The molecular formula is C18H28O9. The summed E-state index contributed by atoms with van der Waals surface area (Å²) in [6.45, 7) is 15.0. The number of hydrogen-bond acceptors (Lipinski definition) is 5. The number of carboxylic acid groups (broad SMARTS) is 4. The van der Waals surface area contributed by atoms with Gasteiger partial charge in [-0.3, -0.25) is 0 Å². The standard InChI is InChI=1S/C6H12O.4C3H4O2/c1-2-6-4-3-5-7-6;4*1-2-3(4)5/h6H,2-5H2,1H3;4*2H,1H2,(H,4,5). The highest BCUT2D eigenvalue weighted by Crippen LogP contribution is 2.13. The quantitative estimate of drug-likeness (QED) is 0.519. The van der Waals surface area contributed by atoms with Crippen LogP contribution in [0.4, 0.5) is 0 Å². The Kier molecular flexibility index (Phi) is 29.3. The monoisotopic (exact) mass is 388 g/mol. The first kappa shape index (κ1) is 31.6. The van der Waals surface area contributed by atoms with Crippen LogP contribution in [0.1, 0.15) is 26.2 Å². The first-order valence-corrected chi connectivity index (χ1v) is 7.55. The van der Waals surface area contributed by atoms with Crippen molar-refractivity contribution in [3.8, 4) is 0 Å². The summed E-state index contributed by atoms with van der Waals surface area (Å²) >= 11 is 0. The highest BCUT2D eigenvalue weighted by atomic mass is 16.5. The van der Waals surface area contributed by atoms with Crippen LogP contribution in [0.3, 0.4) is 0 Å². The van der Waals surface area contributed by atoms with Crippen molar-refractivity contribution in [2.24, 2.45) is 0 Å². The molecule has 9 nitrogen and oxygen atoms in total. The predicted octanol–water partition coefficient (Wildman–Crippen LogP) is 2.60. The van der Waals surface area contributed by atoms with E-state index >= 15 is 0 Å². The van der Waals surface area contributed by atoms with Gasteiger partial charge >= 0.3 is 23.9 Å². The third-order valence-corrected chi connectivity index (χ3v) is 2.18. The molecule has 0 spiro atoms. The van der Waals surface area contributed by atoms with Crippen LogP contribution in [0, 0.1) is 0 Å². The fourth-order valence-electron chi connectivity index (χ4n) is 0.966. The van der Waals surface area contributed by atoms with Crippen LogP contribution < -0.4 is 0 Å². The molecule has 1 saturated heterocycles. The normalized spacial score (nSPS) is 12.9. The molecule has 0 amide bonds. The molecule has 1 aliphatic rings. The Morgan fingerprint density at radius 2 is 1.07 bits per heavy atom. The van der Waals surface area contributed by atoms with E-state index in [0.29, 0.717) is 6.10 Å². The van der Waals surface area contributed by atoms with E-state index in [1.54, 1.807) is 0 Å². The predicted molar refractivity (Wildman–Crippen MR) is 101 cm³/mol. The molecule has 0 saturated carbocycles. The smallest absolute Gasteiger partial charge is 0.327 e. The zero-order chi connectivity index (χ0) is 22.3. The number of hydrogen-bond donors (Lipinski definition) is 4. The van der Waals surface area contributed by atoms with Crippen LogP contribution in [-0.4, -0.2) is 57.0 Å². The maximum atomic E-state index is 9.25. The summed E-state index contributed by atoms with van der Waals surface area (Å²) in [6.07, 6.45) is 7.69. The minimum Gasteiger partial charge on any atom is -0.478 e. The van der Waals surface area contributed by atoms with Gasteiger partial charge in [-0.15, -0.1) is 0 Å². The molecule has 27 heavy (non-hydrogen) atoms. The van der Waals surface area contributed by atoms with E-state index in [-0.39, 0.29) is 0 Å². The molecule has 1 atom stereocenters. The summed E-state index contributed by atoms with van der Waals surface area (Å²) in [6, 6.07) is 0. The number of carbonyl (C=O) groups is 4. The lowest BCUT2D eigenvalue weighted by molar-refractivity contribution is -0.132. The van der Waals surface area contributed by atoms with Gasteiger partial charge in [-0.2, -0.15) is 0 Å². The molecule has 1 fully saturated rings. The van der Waals surface area contributed by atoms with Crippen LogP contribution in [-0.2, 0) is 23.9 Å². The lowest BCUT2D eigenvalue weighted by Gasteiger charge is -2.01. The minimum absolute atomic E-state index is 0.597. The summed E-state index contributed by atoms with van der Waals surface area (Å²) < 4.78 is 5.30. The summed E-state index contributed by atoms with van der Waals surface area (Å²) in [4.78, 5) is 37.0. The van der Waals surface area contributed by atoms with Crippen LogP contribution in [0.25, 0.3) is 0 Å². The summed E-state index contributed by atoms with van der Waals surface area (Å²) in [7, 11) is 0. The van der Waals surface area contributed by atoms with Crippen molar-refractivity contribution in [2.45, 2.75) is 32.3 Å². The molecule has 1 heterocycles. The Bertz CT molecular complexity index is 403. The maximum absolute atomic E-state index is 9.25. The van der Waals surface area contributed by atoms with Crippen molar-refractivity contribution in [3.05, 3.63) is 50.6 Å². The highest BCUT2D eigenvalue weighted by Gasteiger charge is 2.11. The second-order valence-corrected chi connectivity index (χ2v) is 4.21. The molecule has 0 radical (unpaired) electrons. The molecule has 9 heteroatoms. The van der Waals surface area contributed by atoms with Crippen molar-refractivity contribution in [1.82, 2.24) is 0 Å². The van der Waals surface area contributed by atoms with Gasteiger partial charge in [-0.1, -0.05) is 33.2 Å². The van der Waals surface area contributed by atoms with E-state index in [1.807, 2.05) is 0 Å². The van der Waals surface area contributed by atoms with Gasteiger partial charge in [0, 0.05) is 30.9 Å². The Morgan fingerprint density at radius 1 is 0.815 bits per heavy atom. The van der Waals surface area contributed by atoms with E-state index in [1.165, 1.54) is 19.3 Å². The lowest BCUT2D eigenvalue weighted by Crippen LogP contribution is -2.00. The summed E-state index contributed by atoms with van der Waals surface area (Å²) in [5.41, 5.74) is 0. The topological polar surface area (TPSA) is 158 Å². The van der Waals surface area contributed by atoms with Crippen molar-refractivity contribution in [3.63, 3.8) is 0 Å². The van der Waals surface area contributed by atoms with E-state index in [4.69, 9.17) is 25.2 Å². The van der Waals surface area contributed by atoms with Gasteiger partial charge in [-0.25, -0.2) is 19.2 Å². The van der Waals surface area contributed by atoms with Gasteiger partial charge in [0.1, 0.15) is 0 Å². The first-order chi connectivity index (χ1) is 12.5. The molecule has 1 aliphatic heterocycles. The molecule has 0 aliphatic carbocycles. The van der Waals surface area contributed by atoms with Crippen molar-refractivity contribution in [2.75, 3.05) is 6.61 Å². The number of carboxylic acids is 4. The second kappa shape index (κ2) is 25.0. The average molecular weight is 388 g/mol. The van der Waals surface area contributed by atoms with E-state index < -0.39 is 23.9 Å². The van der Waals surface area contributed by atoms with Gasteiger partial charge in [0.15, 0.2) is 0 Å². The van der Waals surface area contributed by atoms with Crippen LogP contribution in [0.5, 0.6) is 0 Å². The first-order valence-electron chi connectivity index (χ1n) is 7.55. The maximum Gasteiger partial charge on any atom is 0.327 e. The summed E-state index contributed by atoms with van der Waals surface area (Å²) in [5.74, 6) is -3.93. The number of ether oxygens (including phenoxy) is 1. The molecular weight excluding hydrogens is 360 g/mol. The van der Waals surface area contributed by atoms with Crippen LogP contribution >= 0.6 is 0 Å². The third-order valence-electron chi connectivity index (χ3n) is 2.18. The van der Waals surface area contributed by atoms with Gasteiger partial charge in [0.05, 0.1) is 6.10 Å². The fourth-order valence-corrected chi connectivity index (χ4v) is 0.966. The Morgan fingerprint density at radius 3 is 1.15 bits per heavy atom. The molecule has 154 valence electrons. The van der Waals surface area contributed by atoms with Crippen molar-refractivity contribution >= 4 is 23.9 Å². The second-order valence-electron chi connectivity index (χ2n) is 4.21. The van der Waals surface area contributed by atoms with Crippen molar-refractivity contribution in [1.29, 1.82) is 0 Å². The van der Waals surface area contributed by atoms with E-state index in [9.17, 15) is 19.2 Å². The molecule has 4 N–H and O–H groups in total. The number of aliphatic carboxylic acids is 4. The zero-order valence-electron chi connectivity index (χ0n) is 15.4. The molecule has 0 aromatic carbocycles. The van der Waals surface area contributed by atoms with Crippen molar-refractivity contribution < 1.29 is 44.3 Å². The lowest BCUT2D eigenvalue weighted by atomic mass is 10.2. The molecule has 1 unspecified atom stereocenters.